The molecule has 0 bridgehead atoms. The molecule has 0 heterocycles. The summed E-state index contributed by atoms with van der Waals surface area (Å²) in [5, 5.41) is 3.14. The van der Waals surface area contributed by atoms with E-state index in [1.807, 2.05) is 0 Å². The maximum atomic E-state index is 12.1. The minimum Gasteiger partial charge on any atom is -0.375 e. The summed E-state index contributed by atoms with van der Waals surface area (Å²) in [6.45, 7) is 22.8. The number of benzene rings is 1. The highest BCUT2D eigenvalue weighted by Gasteiger charge is 2.24. The van der Waals surface area contributed by atoms with Crippen LogP contribution in [-0.4, -0.2) is 35.9 Å². The van der Waals surface area contributed by atoms with Crippen molar-refractivity contribution in [2.75, 3.05) is 13.2 Å². The van der Waals surface area contributed by atoms with Gasteiger partial charge in [0.25, 0.3) is 0 Å². The molecule has 4 heteroatoms. The van der Waals surface area contributed by atoms with Crippen LogP contribution in [0.25, 0.3) is 0 Å². The minimum absolute atomic E-state index is 0.114. The fraction of sp³-hybridized carbons (Fsp3) is 0.759. The Kier molecular flexibility index (Phi) is 11.6. The molecular formula is C29H51NO3. The number of hydrogen-bond donors (Lipinski definition) is 1. The van der Waals surface area contributed by atoms with Crippen LogP contribution in [0.1, 0.15) is 99.6 Å². The van der Waals surface area contributed by atoms with Gasteiger partial charge in [0.1, 0.15) is 0 Å². The molecule has 0 unspecified atom stereocenters. The van der Waals surface area contributed by atoms with Crippen LogP contribution in [0.4, 0.5) is 0 Å². The van der Waals surface area contributed by atoms with Crippen LogP contribution >= 0.6 is 0 Å². The van der Waals surface area contributed by atoms with Crippen molar-refractivity contribution in [3.8, 4) is 0 Å². The normalized spacial score (nSPS) is 13.1. The first kappa shape index (κ1) is 29.6. The lowest BCUT2D eigenvalue weighted by Gasteiger charge is -2.31. The van der Waals surface area contributed by atoms with E-state index in [2.05, 4.69) is 98.8 Å². The second kappa shape index (κ2) is 12.9. The van der Waals surface area contributed by atoms with E-state index in [0.717, 1.165) is 32.3 Å². The fourth-order valence-electron chi connectivity index (χ4n) is 3.88. The zero-order chi connectivity index (χ0) is 25.3. The summed E-state index contributed by atoms with van der Waals surface area (Å²) in [7, 11) is 0. The molecule has 0 radical (unpaired) electrons. The Labute approximate surface area is 204 Å². The first-order valence-corrected chi connectivity index (χ1v) is 12.8. The fourth-order valence-corrected chi connectivity index (χ4v) is 3.88. The van der Waals surface area contributed by atoms with Crippen molar-refractivity contribution in [3.63, 3.8) is 0 Å². The second-order valence-electron chi connectivity index (χ2n) is 12.3. The monoisotopic (exact) mass is 461 g/mol. The molecule has 33 heavy (non-hydrogen) atoms. The molecule has 0 fully saturated rings. The average Bonchev–Trinajstić information content (AvgIpc) is 2.60. The number of carbonyl (C=O) groups is 1. The third kappa shape index (κ3) is 13.8. The van der Waals surface area contributed by atoms with Crippen LogP contribution in [0.2, 0.25) is 0 Å². The molecule has 1 aromatic rings. The zero-order valence-electron chi connectivity index (χ0n) is 23.1. The number of rotatable bonds is 15. The van der Waals surface area contributed by atoms with Gasteiger partial charge in [-0.25, -0.2) is 0 Å². The Morgan fingerprint density at radius 3 is 1.67 bits per heavy atom. The lowest BCUT2D eigenvalue weighted by atomic mass is 9.94. The van der Waals surface area contributed by atoms with Crippen molar-refractivity contribution < 1.29 is 14.3 Å². The van der Waals surface area contributed by atoms with E-state index in [9.17, 15) is 4.79 Å². The summed E-state index contributed by atoms with van der Waals surface area (Å²) >= 11 is 0. The molecule has 0 spiro atoms. The largest absolute Gasteiger partial charge is 0.375 e. The van der Waals surface area contributed by atoms with Crippen LogP contribution in [0.3, 0.4) is 0 Å². The topological polar surface area (TPSA) is 47.6 Å². The number of amides is 1. The van der Waals surface area contributed by atoms with E-state index < -0.39 is 0 Å². The summed E-state index contributed by atoms with van der Waals surface area (Å²) in [5.74, 6) is 1.15. The molecule has 0 aliphatic rings. The smallest absolute Gasteiger partial charge is 0.220 e. The molecule has 0 saturated heterocycles. The summed E-state index contributed by atoms with van der Waals surface area (Å²) in [6.07, 6.45) is 4.20. The van der Waals surface area contributed by atoms with E-state index in [1.54, 1.807) is 0 Å². The predicted octanol–water partition coefficient (Wildman–Crippen LogP) is 6.74. The average molecular weight is 462 g/mol. The molecule has 0 aromatic heterocycles. The van der Waals surface area contributed by atoms with E-state index in [0.29, 0.717) is 24.9 Å². The second-order valence-corrected chi connectivity index (χ2v) is 12.3. The van der Waals surface area contributed by atoms with Gasteiger partial charge in [0, 0.05) is 38.0 Å². The first-order chi connectivity index (χ1) is 15.1. The van der Waals surface area contributed by atoms with Gasteiger partial charge in [-0.3, -0.25) is 4.79 Å². The molecule has 1 amide bonds. The number of nitrogens with one attached hydrogen (secondary N) is 1. The van der Waals surface area contributed by atoms with Gasteiger partial charge >= 0.3 is 0 Å². The Hall–Kier alpha value is -1.39. The molecule has 190 valence electrons. The highest BCUT2D eigenvalue weighted by atomic mass is 16.5. The molecule has 4 nitrogen and oxygen atoms in total. The Morgan fingerprint density at radius 2 is 1.24 bits per heavy atom. The van der Waals surface area contributed by atoms with Crippen molar-refractivity contribution in [1.82, 2.24) is 5.32 Å². The highest BCUT2D eigenvalue weighted by Crippen LogP contribution is 2.22. The number of hydrogen-bond acceptors (Lipinski definition) is 3. The quantitative estimate of drug-likeness (QED) is 0.315. The molecule has 0 atom stereocenters. The molecule has 1 aromatic carbocycles. The molecular weight excluding hydrogens is 410 g/mol. The Balaban J connectivity index is 2.51. The van der Waals surface area contributed by atoms with E-state index in [1.165, 1.54) is 11.1 Å². The highest BCUT2D eigenvalue weighted by molar-refractivity contribution is 5.76. The van der Waals surface area contributed by atoms with Gasteiger partial charge in [0.05, 0.1) is 11.2 Å². The molecule has 0 saturated carbocycles. The molecule has 1 N–H and O–H groups in total. The van der Waals surface area contributed by atoms with Crippen LogP contribution in [-0.2, 0) is 27.1 Å². The van der Waals surface area contributed by atoms with E-state index in [4.69, 9.17) is 9.47 Å². The van der Waals surface area contributed by atoms with Crippen molar-refractivity contribution in [2.45, 2.75) is 118 Å². The van der Waals surface area contributed by atoms with E-state index >= 15 is 0 Å². The summed E-state index contributed by atoms with van der Waals surface area (Å²) in [4.78, 5) is 12.1. The maximum Gasteiger partial charge on any atom is 0.220 e. The maximum absolute atomic E-state index is 12.1. The van der Waals surface area contributed by atoms with Gasteiger partial charge < -0.3 is 14.8 Å². The van der Waals surface area contributed by atoms with Crippen molar-refractivity contribution in [3.05, 3.63) is 35.4 Å². The van der Waals surface area contributed by atoms with Crippen molar-refractivity contribution in [2.24, 2.45) is 11.8 Å². The van der Waals surface area contributed by atoms with Crippen LogP contribution in [0.5, 0.6) is 0 Å². The van der Waals surface area contributed by atoms with Crippen LogP contribution in [0, 0.1) is 11.8 Å². The zero-order valence-corrected chi connectivity index (χ0v) is 23.1. The summed E-state index contributed by atoms with van der Waals surface area (Å²) < 4.78 is 12.4. The third-order valence-electron chi connectivity index (χ3n) is 5.76. The number of carbonyl (C=O) groups excluding carboxylic acids is 1. The SMILES string of the molecule is CC(C)CCOC(C)(C)Cc1ccc(CC(C)(C)OCCC(C)(C)NC(=O)CC(C)C)cc1. The summed E-state index contributed by atoms with van der Waals surface area (Å²) in [5.41, 5.74) is 1.88. The van der Waals surface area contributed by atoms with Gasteiger partial charge in [-0.15, -0.1) is 0 Å². The van der Waals surface area contributed by atoms with Crippen LogP contribution < -0.4 is 5.32 Å². The Morgan fingerprint density at radius 1 is 0.788 bits per heavy atom. The van der Waals surface area contributed by atoms with Gasteiger partial charge in [0.15, 0.2) is 0 Å². The molecule has 0 aliphatic carbocycles. The molecule has 1 rings (SSSR count). The molecule has 0 aliphatic heterocycles. The van der Waals surface area contributed by atoms with Gasteiger partial charge in [-0.1, -0.05) is 52.0 Å². The minimum atomic E-state index is -0.270. The lowest BCUT2D eigenvalue weighted by Crippen LogP contribution is -2.45. The third-order valence-corrected chi connectivity index (χ3v) is 5.76. The lowest BCUT2D eigenvalue weighted by molar-refractivity contribution is -0.123. The van der Waals surface area contributed by atoms with Gasteiger partial charge in [-0.2, -0.15) is 0 Å². The van der Waals surface area contributed by atoms with Crippen molar-refractivity contribution >= 4 is 5.91 Å². The standard InChI is InChI=1S/C29H51NO3/c1-22(2)15-17-32-28(7,8)20-24-11-13-25(14-12-24)21-29(9,10)33-18-16-27(5,6)30-26(31)19-23(3)4/h11-14,22-23H,15-21H2,1-10H3,(H,30,31). The number of ether oxygens (including phenoxy) is 2. The van der Waals surface area contributed by atoms with Crippen molar-refractivity contribution in [1.29, 1.82) is 0 Å². The van der Waals surface area contributed by atoms with Gasteiger partial charge in [-0.05, 0) is 77.3 Å². The Bertz CT molecular complexity index is 702. The predicted molar refractivity (Wildman–Crippen MR) is 140 cm³/mol. The first-order valence-electron chi connectivity index (χ1n) is 12.8. The van der Waals surface area contributed by atoms with Gasteiger partial charge in [0.2, 0.25) is 5.91 Å². The summed E-state index contributed by atoms with van der Waals surface area (Å²) in [6, 6.07) is 8.85. The van der Waals surface area contributed by atoms with Crippen LogP contribution in [0.15, 0.2) is 24.3 Å². The van der Waals surface area contributed by atoms with E-state index in [-0.39, 0.29) is 22.6 Å².